The van der Waals surface area contributed by atoms with Crippen molar-refractivity contribution in [3.05, 3.63) is 23.7 Å². The van der Waals surface area contributed by atoms with Crippen LogP contribution in [0, 0.1) is 5.92 Å². The maximum atomic E-state index is 5.98. The minimum absolute atomic E-state index is 0.0885. The Bertz CT molecular complexity index is 278. The minimum Gasteiger partial charge on any atom is -0.462 e. The highest BCUT2D eigenvalue weighted by molar-refractivity contribution is 5.12. The van der Waals surface area contributed by atoms with E-state index in [2.05, 4.69) is 0 Å². The van der Waals surface area contributed by atoms with Crippen molar-refractivity contribution < 1.29 is 9.15 Å². The second-order valence-corrected chi connectivity index (χ2v) is 3.60. The number of rotatable bonds is 4. The Morgan fingerprint density at radius 3 is 3.00 bits per heavy atom. The predicted octanol–water partition coefficient (Wildman–Crippen LogP) is 1.84. The van der Waals surface area contributed by atoms with Crippen LogP contribution in [0.5, 0.6) is 0 Å². The van der Waals surface area contributed by atoms with Gasteiger partial charge in [0, 0.05) is 7.11 Å². The van der Waals surface area contributed by atoms with E-state index in [-0.39, 0.29) is 6.04 Å². The molecule has 0 spiro atoms. The third kappa shape index (κ3) is 1.92. The zero-order chi connectivity index (χ0) is 9.26. The van der Waals surface area contributed by atoms with E-state index in [1.165, 1.54) is 12.8 Å². The average molecular weight is 181 g/mol. The Hall–Kier alpha value is -0.800. The van der Waals surface area contributed by atoms with Gasteiger partial charge in [0.1, 0.15) is 18.1 Å². The zero-order valence-corrected chi connectivity index (χ0v) is 7.82. The highest BCUT2D eigenvalue weighted by Gasteiger charge is 2.31. The Morgan fingerprint density at radius 1 is 1.62 bits per heavy atom. The van der Waals surface area contributed by atoms with E-state index in [1.807, 2.05) is 12.1 Å². The van der Waals surface area contributed by atoms with Crippen molar-refractivity contribution in [1.29, 1.82) is 0 Å². The minimum atomic E-state index is 0.0885. The lowest BCUT2D eigenvalue weighted by atomic mass is 10.1. The molecule has 72 valence electrons. The van der Waals surface area contributed by atoms with E-state index in [0.717, 1.165) is 11.5 Å². The van der Waals surface area contributed by atoms with Crippen molar-refractivity contribution in [3.63, 3.8) is 0 Å². The normalized spacial score (nSPS) is 18.9. The fourth-order valence-electron chi connectivity index (χ4n) is 1.48. The molecule has 1 saturated carbocycles. The molecule has 1 aliphatic carbocycles. The van der Waals surface area contributed by atoms with Crippen LogP contribution in [0.4, 0.5) is 0 Å². The molecule has 0 saturated heterocycles. The molecule has 0 aliphatic heterocycles. The molecular formula is C10H15NO2. The lowest BCUT2D eigenvalue weighted by molar-refractivity contribution is 0.161. The van der Waals surface area contributed by atoms with Crippen molar-refractivity contribution in [3.8, 4) is 0 Å². The van der Waals surface area contributed by atoms with Crippen LogP contribution < -0.4 is 5.73 Å². The van der Waals surface area contributed by atoms with Gasteiger partial charge in [-0.15, -0.1) is 0 Å². The topological polar surface area (TPSA) is 48.4 Å². The zero-order valence-electron chi connectivity index (χ0n) is 7.82. The average Bonchev–Trinajstić information content (AvgIpc) is 2.87. The summed E-state index contributed by atoms with van der Waals surface area (Å²) in [6.07, 6.45) is 2.48. The third-order valence-corrected chi connectivity index (χ3v) is 2.43. The van der Waals surface area contributed by atoms with Gasteiger partial charge in [-0.2, -0.15) is 0 Å². The molecule has 1 fully saturated rings. The molecule has 1 atom stereocenters. The molecule has 13 heavy (non-hydrogen) atoms. The van der Waals surface area contributed by atoms with Crippen molar-refractivity contribution in [1.82, 2.24) is 0 Å². The van der Waals surface area contributed by atoms with Crippen molar-refractivity contribution in [2.45, 2.75) is 25.5 Å². The molecular weight excluding hydrogens is 166 g/mol. The SMILES string of the molecule is COCc1ccc(C(N)C2CC2)o1. The van der Waals surface area contributed by atoms with Gasteiger partial charge < -0.3 is 14.9 Å². The van der Waals surface area contributed by atoms with E-state index in [9.17, 15) is 0 Å². The molecule has 0 radical (unpaired) electrons. The van der Waals surface area contributed by atoms with Crippen molar-refractivity contribution >= 4 is 0 Å². The highest BCUT2D eigenvalue weighted by Crippen LogP contribution is 2.39. The standard InChI is InChI=1S/C10H15NO2/c1-12-6-8-4-5-9(13-8)10(11)7-2-3-7/h4-5,7,10H,2-3,6,11H2,1H3. The molecule has 1 aromatic rings. The van der Waals surface area contributed by atoms with Crippen LogP contribution in [-0.4, -0.2) is 7.11 Å². The number of hydrogen-bond donors (Lipinski definition) is 1. The summed E-state index contributed by atoms with van der Waals surface area (Å²) >= 11 is 0. The predicted molar refractivity (Wildman–Crippen MR) is 49.1 cm³/mol. The van der Waals surface area contributed by atoms with Gasteiger partial charge in [-0.3, -0.25) is 0 Å². The van der Waals surface area contributed by atoms with Gasteiger partial charge in [0.25, 0.3) is 0 Å². The fraction of sp³-hybridized carbons (Fsp3) is 0.600. The van der Waals surface area contributed by atoms with Gasteiger partial charge in [0.15, 0.2) is 0 Å². The second-order valence-electron chi connectivity index (χ2n) is 3.60. The first-order valence-corrected chi connectivity index (χ1v) is 4.64. The van der Waals surface area contributed by atoms with E-state index in [0.29, 0.717) is 12.5 Å². The molecule has 0 bridgehead atoms. The van der Waals surface area contributed by atoms with Crippen molar-refractivity contribution in [2.24, 2.45) is 11.7 Å². The lowest BCUT2D eigenvalue weighted by Gasteiger charge is -2.05. The fourth-order valence-corrected chi connectivity index (χ4v) is 1.48. The summed E-state index contributed by atoms with van der Waals surface area (Å²) in [5.41, 5.74) is 5.98. The Morgan fingerprint density at radius 2 is 2.38 bits per heavy atom. The molecule has 2 N–H and O–H groups in total. The van der Waals surface area contributed by atoms with Crippen LogP contribution in [0.2, 0.25) is 0 Å². The number of ether oxygens (including phenoxy) is 1. The molecule has 0 aromatic carbocycles. The first kappa shape index (κ1) is 8.78. The number of furan rings is 1. The molecule has 1 aromatic heterocycles. The number of methoxy groups -OCH3 is 1. The van der Waals surface area contributed by atoms with Crippen LogP contribution in [-0.2, 0) is 11.3 Å². The van der Waals surface area contributed by atoms with Crippen molar-refractivity contribution in [2.75, 3.05) is 7.11 Å². The molecule has 1 heterocycles. The summed E-state index contributed by atoms with van der Waals surface area (Å²) < 4.78 is 10.5. The van der Waals surface area contributed by atoms with Gasteiger partial charge in [0.05, 0.1) is 6.04 Å². The summed E-state index contributed by atoms with van der Waals surface area (Å²) in [5.74, 6) is 2.39. The quantitative estimate of drug-likeness (QED) is 0.771. The first-order chi connectivity index (χ1) is 6.31. The number of nitrogens with two attached hydrogens (primary N) is 1. The van der Waals surface area contributed by atoms with Crippen LogP contribution in [0.25, 0.3) is 0 Å². The van der Waals surface area contributed by atoms with Gasteiger partial charge in [0.2, 0.25) is 0 Å². The summed E-state index contributed by atoms with van der Waals surface area (Å²) in [6, 6.07) is 3.98. The van der Waals surface area contributed by atoms with E-state index < -0.39 is 0 Å². The Labute approximate surface area is 77.9 Å². The second kappa shape index (κ2) is 3.52. The van der Waals surface area contributed by atoms with Gasteiger partial charge >= 0.3 is 0 Å². The van der Waals surface area contributed by atoms with Gasteiger partial charge in [-0.05, 0) is 30.9 Å². The lowest BCUT2D eigenvalue weighted by Crippen LogP contribution is -2.11. The van der Waals surface area contributed by atoms with E-state index in [1.54, 1.807) is 7.11 Å². The summed E-state index contributed by atoms with van der Waals surface area (Å²) in [6.45, 7) is 0.525. The third-order valence-electron chi connectivity index (χ3n) is 2.43. The number of hydrogen-bond acceptors (Lipinski definition) is 3. The van der Waals surface area contributed by atoms with E-state index >= 15 is 0 Å². The monoisotopic (exact) mass is 181 g/mol. The molecule has 1 aliphatic rings. The highest BCUT2D eigenvalue weighted by atomic mass is 16.5. The van der Waals surface area contributed by atoms with Gasteiger partial charge in [-0.1, -0.05) is 0 Å². The Kier molecular flexibility index (Phi) is 2.38. The summed E-state index contributed by atoms with van der Waals surface area (Å²) in [7, 11) is 1.66. The maximum absolute atomic E-state index is 5.98. The molecule has 1 unspecified atom stereocenters. The Balaban J connectivity index is 2.03. The van der Waals surface area contributed by atoms with Gasteiger partial charge in [-0.25, -0.2) is 0 Å². The first-order valence-electron chi connectivity index (χ1n) is 4.64. The largest absolute Gasteiger partial charge is 0.462 e. The molecule has 3 heteroatoms. The molecule has 3 nitrogen and oxygen atoms in total. The summed E-state index contributed by atoms with van der Waals surface area (Å²) in [5, 5.41) is 0. The van der Waals surface area contributed by atoms with Crippen LogP contribution >= 0.6 is 0 Å². The molecule has 2 rings (SSSR count). The van der Waals surface area contributed by atoms with Crippen LogP contribution in [0.15, 0.2) is 16.5 Å². The van der Waals surface area contributed by atoms with Crippen LogP contribution in [0.3, 0.4) is 0 Å². The molecule has 0 amide bonds. The summed E-state index contributed by atoms with van der Waals surface area (Å²) in [4.78, 5) is 0. The van der Waals surface area contributed by atoms with Crippen LogP contribution in [0.1, 0.15) is 30.4 Å². The van der Waals surface area contributed by atoms with E-state index in [4.69, 9.17) is 14.9 Å². The smallest absolute Gasteiger partial charge is 0.129 e. The maximum Gasteiger partial charge on any atom is 0.129 e.